The molecular weight excluding hydrogens is 772 g/mol. The van der Waals surface area contributed by atoms with Gasteiger partial charge in [0.2, 0.25) is 0 Å². The Morgan fingerprint density at radius 1 is 0.783 bits per heavy atom. The topological polar surface area (TPSA) is 169 Å². The van der Waals surface area contributed by atoms with Crippen LogP contribution in [0.15, 0.2) is 36.9 Å². The van der Waals surface area contributed by atoms with Crippen molar-refractivity contribution in [2.45, 2.75) is 49.1 Å². The summed E-state index contributed by atoms with van der Waals surface area (Å²) in [4.78, 5) is 19.6. The maximum absolute atomic E-state index is 13.5. The molecule has 3 aliphatic rings. The molecule has 5 heterocycles. The number of thiol groups is 1. The fraction of sp³-hybridized carbons (Fsp3) is 0.417. The molecule has 46 heavy (non-hydrogen) atoms. The van der Waals surface area contributed by atoms with Crippen molar-refractivity contribution in [3.8, 4) is 0 Å². The van der Waals surface area contributed by atoms with E-state index in [1.165, 1.54) is 21.8 Å². The van der Waals surface area contributed by atoms with E-state index in [1.54, 1.807) is 24.3 Å². The highest BCUT2D eigenvalue weighted by atomic mass is 35.5. The number of aromatic nitrogens is 4. The van der Waals surface area contributed by atoms with Crippen LogP contribution in [0.25, 0.3) is 22.1 Å². The molecule has 248 valence electrons. The lowest BCUT2D eigenvalue weighted by atomic mass is 10.1. The maximum atomic E-state index is 13.5. The van der Waals surface area contributed by atoms with Crippen LogP contribution in [0.4, 0.5) is 0 Å². The fourth-order valence-electron chi connectivity index (χ4n) is 5.58. The van der Waals surface area contributed by atoms with E-state index in [2.05, 4.69) is 22.2 Å². The van der Waals surface area contributed by atoms with Crippen molar-refractivity contribution in [2.24, 2.45) is 0 Å². The Morgan fingerprint density at radius 3 is 1.72 bits per heavy atom. The van der Waals surface area contributed by atoms with Crippen LogP contribution in [0.1, 0.15) is 12.5 Å². The number of fused-ring (bicyclic) bond motifs is 4. The molecule has 0 bridgehead atoms. The molecule has 0 aliphatic carbocycles. The Labute approximate surface area is 290 Å². The van der Waals surface area contributed by atoms with Gasteiger partial charge in [-0.15, -0.1) is 0 Å². The first kappa shape index (κ1) is 33.9. The minimum atomic E-state index is -4.26. The lowest BCUT2D eigenvalue weighted by molar-refractivity contribution is -0.0575. The number of halogens is 4. The van der Waals surface area contributed by atoms with Gasteiger partial charge in [0.15, 0.2) is 12.5 Å². The number of imidazole rings is 2. The van der Waals surface area contributed by atoms with Gasteiger partial charge in [0.25, 0.3) is 0 Å². The Hall–Kier alpha value is -0.590. The van der Waals surface area contributed by atoms with E-state index >= 15 is 0 Å². The standard InChI is InChI=1S/C24H22Cl4N4O10P2S2/c25-9-1-13-15(3-11(9)27)31(7-29-13)23-19(33)21-17(39-23)5-37-44(36,46)42-22-18(6-38-43(35,45)41-21)40-24(20(22)34)32-8-30-14-2-10(26)12(28)4-16(14)32/h1-4,7-8,17-24,33-34H,5-6H2,(H,35,45)(H,36,46)/t17-,18?,19?,20?,21+,22?,23-,24-,43?,44?/m1/s1. The van der Waals surface area contributed by atoms with E-state index in [1.807, 2.05) is 0 Å². The van der Waals surface area contributed by atoms with Crippen LogP contribution in [0, 0.1) is 0 Å². The van der Waals surface area contributed by atoms with Crippen molar-refractivity contribution < 1.29 is 47.2 Å². The van der Waals surface area contributed by atoms with E-state index in [-0.39, 0.29) is 20.1 Å². The number of nitrogens with zero attached hydrogens (tertiary/aromatic N) is 4. The maximum Gasteiger partial charge on any atom is 0.386 e. The summed E-state index contributed by atoms with van der Waals surface area (Å²) >= 11 is 34.0. The summed E-state index contributed by atoms with van der Waals surface area (Å²) < 4.78 is 51.2. The van der Waals surface area contributed by atoms with Crippen LogP contribution in [0.5, 0.6) is 0 Å². The van der Waals surface area contributed by atoms with Crippen molar-refractivity contribution in [2.75, 3.05) is 13.2 Å². The summed E-state index contributed by atoms with van der Waals surface area (Å²) in [6.45, 7) is -9.37. The minimum absolute atomic E-state index is 0.243. The number of ether oxygens (including phenoxy) is 2. The average molecular weight is 794 g/mol. The van der Waals surface area contributed by atoms with Crippen LogP contribution >= 0.6 is 72.2 Å². The number of aliphatic hydroxyl groups is 2. The zero-order valence-electron chi connectivity index (χ0n) is 22.7. The molecule has 3 fully saturated rings. The molecule has 4 aromatic rings. The molecule has 6 unspecified atom stereocenters. The molecule has 3 N–H and O–H groups in total. The molecule has 2 aromatic carbocycles. The van der Waals surface area contributed by atoms with Gasteiger partial charge in [-0.1, -0.05) is 58.7 Å². The minimum Gasteiger partial charge on any atom is -0.386 e. The molecule has 10 atom stereocenters. The van der Waals surface area contributed by atoms with Crippen LogP contribution in [-0.4, -0.2) is 84.0 Å². The third-order valence-electron chi connectivity index (χ3n) is 7.71. The summed E-state index contributed by atoms with van der Waals surface area (Å²) in [7, 11) is 0. The van der Waals surface area contributed by atoms with Gasteiger partial charge in [-0.05, 0) is 36.1 Å². The van der Waals surface area contributed by atoms with Gasteiger partial charge in [0.1, 0.15) is 36.6 Å². The van der Waals surface area contributed by atoms with Gasteiger partial charge >= 0.3 is 13.5 Å². The number of hydrogen-bond donors (Lipinski definition) is 4. The lowest BCUT2D eigenvalue weighted by Crippen LogP contribution is -2.38. The Bertz CT molecular complexity index is 1800. The first-order chi connectivity index (χ1) is 21.7. The smallest absolute Gasteiger partial charge is 0.386 e. The van der Waals surface area contributed by atoms with Gasteiger partial charge in [0.05, 0.1) is 68.0 Å². The van der Waals surface area contributed by atoms with Crippen molar-refractivity contribution in [3.05, 3.63) is 57.0 Å². The molecule has 0 spiro atoms. The zero-order chi connectivity index (χ0) is 32.7. The van der Waals surface area contributed by atoms with Crippen LogP contribution < -0.4 is 0 Å². The highest BCUT2D eigenvalue weighted by Crippen LogP contribution is 2.58. The molecule has 7 rings (SSSR count). The monoisotopic (exact) mass is 792 g/mol. The Kier molecular flexibility index (Phi) is 9.30. The van der Waals surface area contributed by atoms with Crippen LogP contribution in [0.2, 0.25) is 20.1 Å². The van der Waals surface area contributed by atoms with Gasteiger partial charge in [-0.25, -0.2) is 14.5 Å². The molecule has 0 radical (unpaired) electrons. The molecule has 3 saturated heterocycles. The van der Waals surface area contributed by atoms with Crippen molar-refractivity contribution >= 4 is 106 Å². The lowest BCUT2D eigenvalue weighted by Gasteiger charge is -2.29. The molecular formula is C24H22Cl4N4O10P2S2. The average Bonchev–Trinajstić information content (AvgIpc) is 3.72. The van der Waals surface area contributed by atoms with E-state index in [4.69, 9.17) is 85.8 Å². The Morgan fingerprint density at radius 2 is 1.22 bits per heavy atom. The summed E-state index contributed by atoms with van der Waals surface area (Å²) in [6, 6.07) is 6.20. The summed E-state index contributed by atoms with van der Waals surface area (Å²) in [5, 5.41) is 23.7. The van der Waals surface area contributed by atoms with Gasteiger partial charge in [0, 0.05) is 0 Å². The normalized spacial score (nSPS) is 37.2. The van der Waals surface area contributed by atoms with Crippen molar-refractivity contribution in [1.82, 2.24) is 19.1 Å². The second kappa shape index (κ2) is 12.6. The van der Waals surface area contributed by atoms with Gasteiger partial charge in [-0.2, -0.15) is 0 Å². The summed E-state index contributed by atoms with van der Waals surface area (Å²) in [5.41, 5.74) is 1.89. The molecule has 14 nitrogen and oxygen atoms in total. The number of rotatable bonds is 2. The third kappa shape index (κ3) is 6.29. The molecule has 3 aliphatic heterocycles. The first-order valence-electron chi connectivity index (χ1n) is 13.3. The highest BCUT2D eigenvalue weighted by molar-refractivity contribution is 8.44. The van der Waals surface area contributed by atoms with E-state index in [9.17, 15) is 19.7 Å². The third-order valence-corrected chi connectivity index (χ3v) is 12.3. The molecule has 0 amide bonds. The largest absolute Gasteiger partial charge is 0.386 e. The van der Waals surface area contributed by atoms with Gasteiger partial charge < -0.3 is 38.2 Å². The van der Waals surface area contributed by atoms with E-state index in [0.29, 0.717) is 22.1 Å². The van der Waals surface area contributed by atoms with Crippen molar-refractivity contribution in [3.63, 3.8) is 0 Å². The SMILES string of the molecule is O=P1(S)OCC2O[C@@H](n3cnc4cc(Cl)c(Cl)cc43)C(O)C2OP(O)(=S)OC[C@H]2O[C@@H](n3cnc4cc(Cl)c(Cl)cc43)C(O)[C@H]2O1. The number of hydrogen-bond acceptors (Lipinski definition) is 12. The highest BCUT2D eigenvalue weighted by Gasteiger charge is 2.52. The molecule has 2 aromatic heterocycles. The molecule has 0 saturated carbocycles. The fourth-order valence-corrected chi connectivity index (χ4v) is 9.15. The zero-order valence-corrected chi connectivity index (χ0v) is 29.3. The Balaban J connectivity index is 1.16. The quantitative estimate of drug-likeness (QED) is 0.153. The second-order valence-electron chi connectivity index (χ2n) is 10.6. The predicted octanol–water partition coefficient (Wildman–Crippen LogP) is 5.29. The predicted molar refractivity (Wildman–Crippen MR) is 174 cm³/mol. The summed E-state index contributed by atoms with van der Waals surface area (Å²) in [5.74, 6) is 0. The second-order valence-corrected chi connectivity index (χ2v) is 17.9. The van der Waals surface area contributed by atoms with E-state index in [0.717, 1.165) is 0 Å². The number of aliphatic hydroxyl groups excluding tert-OH is 2. The first-order valence-corrected chi connectivity index (χ1v) is 20.1. The summed E-state index contributed by atoms with van der Waals surface area (Å²) in [6.07, 6.45) is -7.42. The van der Waals surface area contributed by atoms with E-state index < -0.39 is 75.8 Å². The van der Waals surface area contributed by atoms with Gasteiger partial charge in [-0.3, -0.25) is 13.6 Å². The van der Waals surface area contributed by atoms with Crippen molar-refractivity contribution in [1.29, 1.82) is 0 Å². The van der Waals surface area contributed by atoms with Crippen LogP contribution in [-0.2, 0) is 43.9 Å². The number of benzene rings is 2. The molecule has 22 heteroatoms. The van der Waals surface area contributed by atoms with Crippen LogP contribution in [0.3, 0.4) is 0 Å².